The molecule has 206 valence electrons. The van der Waals surface area contributed by atoms with E-state index >= 15 is 0 Å². The van der Waals surface area contributed by atoms with Crippen molar-refractivity contribution in [3.63, 3.8) is 0 Å². The highest BCUT2D eigenvalue weighted by atomic mass is 16.3. The van der Waals surface area contributed by atoms with E-state index in [1.807, 2.05) is 36.7 Å². The number of hydrogen-bond donors (Lipinski definition) is 0. The Morgan fingerprint density at radius 2 is 1.07 bits per heavy atom. The smallest absolute Gasteiger partial charge is 0.162 e. The molecule has 0 amide bonds. The van der Waals surface area contributed by atoms with Gasteiger partial charge >= 0.3 is 0 Å². The monoisotopic (exact) mass is 562 g/mol. The zero-order valence-electron chi connectivity index (χ0n) is 23.8. The average Bonchev–Trinajstić information content (AvgIpc) is 3.48. The third-order valence-electron chi connectivity index (χ3n) is 8.73. The van der Waals surface area contributed by atoms with E-state index in [0.717, 1.165) is 39.0 Å². The van der Waals surface area contributed by atoms with Gasteiger partial charge in [-0.15, -0.1) is 0 Å². The molecule has 3 nitrogen and oxygen atoms in total. The maximum atomic E-state index is 6.52. The summed E-state index contributed by atoms with van der Waals surface area (Å²) in [6.45, 7) is 0. The predicted octanol–water partition coefficient (Wildman–Crippen LogP) is 11.6. The van der Waals surface area contributed by atoms with E-state index in [9.17, 15) is 0 Å². The summed E-state index contributed by atoms with van der Waals surface area (Å²) in [5, 5.41) is 9.49. The zero-order chi connectivity index (χ0) is 29.0. The topological polar surface area (TPSA) is 29.3 Å². The first-order valence-electron chi connectivity index (χ1n) is 14.9. The fourth-order valence-corrected chi connectivity index (χ4v) is 6.59. The molecule has 0 saturated carbocycles. The standard InChI is InChI=1S/C41H26N2O/c1-2-8-27(9-3-1)28-14-19-31(20-15-28)43(39-26-42-25-38-36-12-6-7-13-40(36)44-41(38)39)32-21-16-30-18-22-34-33-11-5-4-10-29(33)17-23-35(34)37(30)24-32/h1-26H. The van der Waals surface area contributed by atoms with Crippen molar-refractivity contribution in [1.29, 1.82) is 0 Å². The molecule has 0 saturated heterocycles. The number of furan rings is 1. The van der Waals surface area contributed by atoms with Crippen LogP contribution in [0.1, 0.15) is 0 Å². The largest absolute Gasteiger partial charge is 0.454 e. The Balaban J connectivity index is 1.29. The van der Waals surface area contributed by atoms with Gasteiger partial charge in [-0.2, -0.15) is 0 Å². The highest BCUT2D eigenvalue weighted by molar-refractivity contribution is 6.18. The number of pyridine rings is 1. The molecule has 7 aromatic carbocycles. The lowest BCUT2D eigenvalue weighted by Crippen LogP contribution is -2.10. The summed E-state index contributed by atoms with van der Waals surface area (Å²) in [6, 6.07) is 51.7. The second kappa shape index (κ2) is 9.82. The van der Waals surface area contributed by atoms with E-state index < -0.39 is 0 Å². The first-order valence-corrected chi connectivity index (χ1v) is 14.9. The van der Waals surface area contributed by atoms with Crippen LogP contribution in [0, 0.1) is 0 Å². The molecule has 9 rings (SSSR count). The van der Waals surface area contributed by atoms with Gasteiger partial charge in [0.15, 0.2) is 5.58 Å². The van der Waals surface area contributed by atoms with E-state index in [1.54, 1.807) is 0 Å². The Morgan fingerprint density at radius 3 is 1.91 bits per heavy atom. The second-order valence-electron chi connectivity index (χ2n) is 11.2. The van der Waals surface area contributed by atoms with Gasteiger partial charge in [-0.25, -0.2) is 0 Å². The lowest BCUT2D eigenvalue weighted by atomic mass is 9.96. The van der Waals surface area contributed by atoms with Crippen LogP contribution in [0.3, 0.4) is 0 Å². The van der Waals surface area contributed by atoms with Crippen LogP contribution in [0.25, 0.3) is 65.4 Å². The average molecular weight is 563 g/mol. The molecule has 0 atom stereocenters. The number of anilines is 3. The third-order valence-corrected chi connectivity index (χ3v) is 8.73. The summed E-state index contributed by atoms with van der Waals surface area (Å²) in [5.74, 6) is 0. The van der Waals surface area contributed by atoms with E-state index in [4.69, 9.17) is 9.40 Å². The number of benzene rings is 7. The van der Waals surface area contributed by atoms with Crippen LogP contribution in [0.15, 0.2) is 162 Å². The molecular formula is C41H26N2O. The summed E-state index contributed by atoms with van der Waals surface area (Å²) in [6.07, 6.45) is 3.82. The van der Waals surface area contributed by atoms with Gasteiger partial charge in [-0.05, 0) is 73.8 Å². The van der Waals surface area contributed by atoms with Crippen LogP contribution in [-0.2, 0) is 0 Å². The first kappa shape index (κ1) is 24.6. The molecule has 0 N–H and O–H groups in total. The van der Waals surface area contributed by atoms with Crippen LogP contribution >= 0.6 is 0 Å². The maximum Gasteiger partial charge on any atom is 0.162 e. The zero-order valence-corrected chi connectivity index (χ0v) is 23.8. The van der Waals surface area contributed by atoms with Crippen molar-refractivity contribution in [2.24, 2.45) is 0 Å². The summed E-state index contributed by atoms with van der Waals surface area (Å²) in [4.78, 5) is 6.99. The van der Waals surface area contributed by atoms with Gasteiger partial charge in [0.25, 0.3) is 0 Å². The van der Waals surface area contributed by atoms with Gasteiger partial charge in [0.2, 0.25) is 0 Å². The highest BCUT2D eigenvalue weighted by Gasteiger charge is 2.20. The van der Waals surface area contributed by atoms with Crippen LogP contribution < -0.4 is 4.90 Å². The number of hydrogen-bond acceptors (Lipinski definition) is 3. The van der Waals surface area contributed by atoms with Crippen LogP contribution in [0.4, 0.5) is 17.1 Å². The minimum absolute atomic E-state index is 0.817. The molecule has 0 bridgehead atoms. The van der Waals surface area contributed by atoms with Crippen LogP contribution in [-0.4, -0.2) is 4.98 Å². The molecular weight excluding hydrogens is 536 g/mol. The van der Waals surface area contributed by atoms with Gasteiger partial charge in [-0.3, -0.25) is 4.98 Å². The molecule has 0 aliphatic carbocycles. The molecule has 2 heterocycles. The van der Waals surface area contributed by atoms with Crippen LogP contribution in [0.2, 0.25) is 0 Å². The fraction of sp³-hybridized carbons (Fsp3) is 0. The molecule has 3 heteroatoms. The molecule has 44 heavy (non-hydrogen) atoms. The van der Waals surface area contributed by atoms with Gasteiger partial charge in [0.05, 0.1) is 6.20 Å². The number of fused-ring (bicyclic) bond motifs is 8. The summed E-state index contributed by atoms with van der Waals surface area (Å²) >= 11 is 0. The van der Waals surface area contributed by atoms with Gasteiger partial charge in [0.1, 0.15) is 11.3 Å². The summed E-state index contributed by atoms with van der Waals surface area (Å²) < 4.78 is 6.52. The summed E-state index contributed by atoms with van der Waals surface area (Å²) in [5.41, 5.74) is 7.01. The normalized spacial score (nSPS) is 11.6. The number of nitrogens with zero attached hydrogens (tertiary/aromatic N) is 2. The van der Waals surface area contributed by atoms with Crippen molar-refractivity contribution in [3.05, 3.63) is 158 Å². The van der Waals surface area contributed by atoms with Gasteiger partial charge < -0.3 is 9.32 Å². The van der Waals surface area contributed by atoms with E-state index in [0.29, 0.717) is 0 Å². The van der Waals surface area contributed by atoms with E-state index in [-0.39, 0.29) is 0 Å². The second-order valence-corrected chi connectivity index (χ2v) is 11.2. The lowest BCUT2D eigenvalue weighted by Gasteiger charge is -2.26. The first-order chi connectivity index (χ1) is 21.8. The molecule has 0 aliphatic rings. The predicted molar refractivity (Wildman–Crippen MR) is 184 cm³/mol. The Morgan fingerprint density at radius 1 is 0.432 bits per heavy atom. The molecule has 0 radical (unpaired) electrons. The molecule has 9 aromatic rings. The van der Waals surface area contributed by atoms with Crippen molar-refractivity contribution in [1.82, 2.24) is 4.98 Å². The van der Waals surface area contributed by atoms with Crippen molar-refractivity contribution in [2.45, 2.75) is 0 Å². The Hall–Kier alpha value is -5.93. The SMILES string of the molecule is c1ccc(-c2ccc(N(c3ccc4ccc5c6ccccc6ccc5c4c3)c3cncc4c3oc3ccccc34)cc2)cc1. The van der Waals surface area contributed by atoms with E-state index in [1.165, 1.54) is 43.4 Å². The van der Waals surface area contributed by atoms with E-state index in [2.05, 4.69) is 126 Å². The number of para-hydroxylation sites is 1. The minimum Gasteiger partial charge on any atom is -0.454 e. The van der Waals surface area contributed by atoms with Crippen molar-refractivity contribution >= 4 is 71.3 Å². The van der Waals surface area contributed by atoms with Gasteiger partial charge in [0, 0.05) is 28.3 Å². The Kier molecular flexibility index (Phi) is 5.50. The Labute approximate surface area is 254 Å². The molecule has 0 unspecified atom stereocenters. The lowest BCUT2D eigenvalue weighted by molar-refractivity contribution is 0.668. The molecule has 2 aromatic heterocycles. The maximum absolute atomic E-state index is 6.52. The van der Waals surface area contributed by atoms with Crippen LogP contribution in [0.5, 0.6) is 0 Å². The fourth-order valence-electron chi connectivity index (χ4n) is 6.59. The molecule has 0 aliphatic heterocycles. The van der Waals surface area contributed by atoms with Crippen molar-refractivity contribution in [3.8, 4) is 11.1 Å². The summed E-state index contributed by atoms with van der Waals surface area (Å²) in [7, 11) is 0. The number of rotatable bonds is 4. The molecule has 0 spiro atoms. The third kappa shape index (κ3) is 3.87. The minimum atomic E-state index is 0.817. The van der Waals surface area contributed by atoms with Crippen molar-refractivity contribution in [2.75, 3.05) is 4.90 Å². The van der Waals surface area contributed by atoms with Gasteiger partial charge in [-0.1, -0.05) is 115 Å². The van der Waals surface area contributed by atoms with Crippen molar-refractivity contribution < 1.29 is 4.42 Å². The molecule has 0 fully saturated rings. The Bertz CT molecular complexity index is 2490. The highest BCUT2D eigenvalue weighted by Crippen LogP contribution is 2.43. The number of aromatic nitrogens is 1. The quantitative estimate of drug-likeness (QED) is 0.200.